The Morgan fingerprint density at radius 2 is 1.93 bits per heavy atom. The van der Waals surface area contributed by atoms with Crippen LogP contribution in [-0.4, -0.2) is 16.2 Å². The maximum absolute atomic E-state index is 10.4. The van der Waals surface area contributed by atoms with Gasteiger partial charge in [-0.2, -0.15) is 0 Å². The smallest absolute Gasteiger partial charge is 0.335 e. The van der Waals surface area contributed by atoms with Gasteiger partial charge in [-0.15, -0.1) is 0 Å². The van der Waals surface area contributed by atoms with Crippen molar-refractivity contribution < 1.29 is 15.0 Å². The number of aromatic carboxylic acids is 1. The van der Waals surface area contributed by atoms with Crippen molar-refractivity contribution in [2.24, 2.45) is 0 Å². The molecule has 0 aliphatic heterocycles. The lowest BCUT2D eigenvalue weighted by Crippen LogP contribution is -1.96. The van der Waals surface area contributed by atoms with Crippen molar-refractivity contribution in [3.8, 4) is 0 Å². The third-order valence-corrected chi connectivity index (χ3v) is 1.36. The number of aliphatic hydroxyl groups excluding tert-OH is 1. The third-order valence-electron chi connectivity index (χ3n) is 1.36. The molecule has 0 amide bonds. The Bertz CT molecular complexity index is 282. The first-order valence-electron chi connectivity index (χ1n) is 4.58. The molecule has 78 valence electrons. The zero-order chi connectivity index (χ0) is 11.0. The zero-order valence-corrected chi connectivity index (χ0v) is 8.53. The van der Waals surface area contributed by atoms with E-state index in [2.05, 4.69) is 13.8 Å². The van der Waals surface area contributed by atoms with E-state index in [9.17, 15) is 4.79 Å². The molecule has 1 aromatic carbocycles. The number of benzene rings is 1. The standard InChI is InChI=1S/C8H8O3.C3H8/c9-5-6-2-1-3-7(4-6)8(10)11;1-3-2/h1-4,9H,5H2,(H,10,11);3H2,1-2H3. The van der Waals surface area contributed by atoms with Gasteiger partial charge in [0.25, 0.3) is 0 Å². The second kappa shape index (κ2) is 7.09. The summed E-state index contributed by atoms with van der Waals surface area (Å²) < 4.78 is 0. The second-order valence-corrected chi connectivity index (χ2v) is 2.87. The molecule has 0 aliphatic rings. The number of carboxylic acids is 1. The third kappa shape index (κ3) is 4.62. The van der Waals surface area contributed by atoms with E-state index in [1.807, 2.05) is 0 Å². The molecule has 0 fully saturated rings. The lowest BCUT2D eigenvalue weighted by atomic mass is 10.1. The van der Waals surface area contributed by atoms with Crippen LogP contribution in [0.3, 0.4) is 0 Å². The van der Waals surface area contributed by atoms with Gasteiger partial charge in [0, 0.05) is 0 Å². The molecule has 0 unspecified atom stereocenters. The van der Waals surface area contributed by atoms with Gasteiger partial charge >= 0.3 is 5.97 Å². The molecule has 2 N–H and O–H groups in total. The summed E-state index contributed by atoms with van der Waals surface area (Å²) in [5.41, 5.74) is 0.821. The minimum atomic E-state index is -0.972. The van der Waals surface area contributed by atoms with Gasteiger partial charge in [-0.3, -0.25) is 0 Å². The number of rotatable bonds is 2. The van der Waals surface area contributed by atoms with Crippen molar-refractivity contribution in [2.75, 3.05) is 0 Å². The molecule has 0 bridgehead atoms. The van der Waals surface area contributed by atoms with Crippen LogP contribution >= 0.6 is 0 Å². The van der Waals surface area contributed by atoms with Gasteiger partial charge in [0.15, 0.2) is 0 Å². The fourth-order valence-electron chi connectivity index (χ4n) is 0.803. The molecule has 0 radical (unpaired) electrons. The molecule has 0 saturated heterocycles. The Morgan fingerprint density at radius 3 is 2.36 bits per heavy atom. The summed E-state index contributed by atoms with van der Waals surface area (Å²) in [6.07, 6.45) is 1.25. The largest absolute Gasteiger partial charge is 0.478 e. The lowest BCUT2D eigenvalue weighted by molar-refractivity contribution is 0.0696. The molecule has 0 spiro atoms. The molecule has 0 aliphatic carbocycles. The van der Waals surface area contributed by atoms with Gasteiger partial charge in [0.05, 0.1) is 12.2 Å². The Balaban J connectivity index is 0.000000500. The molecule has 14 heavy (non-hydrogen) atoms. The highest BCUT2D eigenvalue weighted by Gasteiger charge is 2.01. The molecule has 3 heteroatoms. The van der Waals surface area contributed by atoms with Crippen molar-refractivity contribution in [3.05, 3.63) is 35.4 Å². The first-order valence-corrected chi connectivity index (χ1v) is 4.58. The number of hydrogen-bond acceptors (Lipinski definition) is 2. The molecule has 0 aromatic heterocycles. The predicted octanol–water partition coefficient (Wildman–Crippen LogP) is 2.29. The monoisotopic (exact) mass is 196 g/mol. The van der Waals surface area contributed by atoms with Crippen LogP contribution in [0.15, 0.2) is 24.3 Å². The Kier molecular flexibility index (Phi) is 6.41. The molecule has 3 nitrogen and oxygen atoms in total. The summed E-state index contributed by atoms with van der Waals surface area (Å²) in [6.45, 7) is 4.13. The van der Waals surface area contributed by atoms with Gasteiger partial charge in [-0.1, -0.05) is 32.4 Å². The van der Waals surface area contributed by atoms with Crippen LogP contribution in [0.4, 0.5) is 0 Å². The maximum atomic E-state index is 10.4. The van der Waals surface area contributed by atoms with Crippen LogP contribution in [0, 0.1) is 0 Å². The summed E-state index contributed by atoms with van der Waals surface area (Å²) in [5.74, 6) is -0.972. The maximum Gasteiger partial charge on any atom is 0.335 e. The fraction of sp³-hybridized carbons (Fsp3) is 0.364. The quantitative estimate of drug-likeness (QED) is 0.763. The van der Waals surface area contributed by atoms with Crippen LogP contribution in [0.1, 0.15) is 36.2 Å². The van der Waals surface area contributed by atoms with Crippen LogP contribution in [0.5, 0.6) is 0 Å². The van der Waals surface area contributed by atoms with Gasteiger partial charge in [0.2, 0.25) is 0 Å². The second-order valence-electron chi connectivity index (χ2n) is 2.87. The molecular weight excluding hydrogens is 180 g/mol. The summed E-state index contributed by atoms with van der Waals surface area (Å²) >= 11 is 0. The van der Waals surface area contributed by atoms with Crippen LogP contribution < -0.4 is 0 Å². The van der Waals surface area contributed by atoms with Gasteiger partial charge in [-0.05, 0) is 17.7 Å². The van der Waals surface area contributed by atoms with E-state index in [1.54, 1.807) is 12.1 Å². The number of aliphatic hydroxyl groups is 1. The van der Waals surface area contributed by atoms with Crippen molar-refractivity contribution >= 4 is 5.97 Å². The molecule has 0 heterocycles. The molecular formula is C11H16O3. The van der Waals surface area contributed by atoms with E-state index in [4.69, 9.17) is 10.2 Å². The Labute approximate surface area is 84.0 Å². The van der Waals surface area contributed by atoms with E-state index in [0.717, 1.165) is 0 Å². The average Bonchev–Trinajstić information content (AvgIpc) is 2.19. The van der Waals surface area contributed by atoms with E-state index in [1.165, 1.54) is 18.6 Å². The van der Waals surface area contributed by atoms with E-state index in [-0.39, 0.29) is 12.2 Å². The van der Waals surface area contributed by atoms with Crippen LogP contribution in [-0.2, 0) is 6.61 Å². The highest BCUT2D eigenvalue weighted by molar-refractivity contribution is 5.87. The topological polar surface area (TPSA) is 57.5 Å². The van der Waals surface area contributed by atoms with E-state index < -0.39 is 5.97 Å². The van der Waals surface area contributed by atoms with Crippen molar-refractivity contribution in [2.45, 2.75) is 26.9 Å². The highest BCUT2D eigenvalue weighted by atomic mass is 16.4. The first kappa shape index (κ1) is 12.7. The SMILES string of the molecule is CCC.O=C(O)c1cccc(CO)c1. The summed E-state index contributed by atoms with van der Waals surface area (Å²) in [6, 6.07) is 6.21. The minimum Gasteiger partial charge on any atom is -0.478 e. The Morgan fingerprint density at radius 1 is 1.36 bits per heavy atom. The van der Waals surface area contributed by atoms with Crippen molar-refractivity contribution in [3.63, 3.8) is 0 Å². The van der Waals surface area contributed by atoms with Crippen molar-refractivity contribution in [1.82, 2.24) is 0 Å². The van der Waals surface area contributed by atoms with E-state index >= 15 is 0 Å². The van der Waals surface area contributed by atoms with Gasteiger partial charge < -0.3 is 10.2 Å². The van der Waals surface area contributed by atoms with Crippen molar-refractivity contribution in [1.29, 1.82) is 0 Å². The summed E-state index contributed by atoms with van der Waals surface area (Å²) in [4.78, 5) is 10.4. The normalized spacial score (nSPS) is 8.79. The molecule has 0 atom stereocenters. The highest BCUT2D eigenvalue weighted by Crippen LogP contribution is 2.04. The zero-order valence-electron chi connectivity index (χ0n) is 8.53. The number of hydrogen-bond donors (Lipinski definition) is 2. The number of carbonyl (C=O) groups is 1. The number of carboxylic acid groups (broad SMARTS) is 1. The minimum absolute atomic E-state index is 0.124. The summed E-state index contributed by atoms with van der Waals surface area (Å²) in [7, 11) is 0. The molecule has 1 rings (SSSR count). The van der Waals surface area contributed by atoms with E-state index in [0.29, 0.717) is 5.56 Å². The fourth-order valence-corrected chi connectivity index (χ4v) is 0.803. The summed E-state index contributed by atoms with van der Waals surface area (Å²) in [5, 5.41) is 17.2. The predicted molar refractivity (Wildman–Crippen MR) is 55.3 cm³/mol. The average molecular weight is 196 g/mol. The molecule has 1 aromatic rings. The van der Waals surface area contributed by atoms with Crippen LogP contribution in [0.25, 0.3) is 0 Å². The van der Waals surface area contributed by atoms with Crippen LogP contribution in [0.2, 0.25) is 0 Å². The molecule has 0 saturated carbocycles. The van der Waals surface area contributed by atoms with Gasteiger partial charge in [-0.25, -0.2) is 4.79 Å². The lowest BCUT2D eigenvalue weighted by Gasteiger charge is -1.96. The van der Waals surface area contributed by atoms with Gasteiger partial charge in [0.1, 0.15) is 0 Å². The first-order chi connectivity index (χ1) is 6.65. The Hall–Kier alpha value is -1.35.